The first-order chi connectivity index (χ1) is 4.74. The second-order valence-corrected chi connectivity index (χ2v) is 3.29. The molecule has 0 fully saturated rings. The van der Waals surface area contributed by atoms with Crippen molar-refractivity contribution in [2.75, 3.05) is 0 Å². The number of aryl methyl sites for hydroxylation is 1. The first-order valence-electron chi connectivity index (χ1n) is 3.49. The molecule has 2 heteroatoms. The van der Waals surface area contributed by atoms with Gasteiger partial charge in [0.1, 0.15) is 7.85 Å². The Morgan fingerprint density at radius 1 is 1.50 bits per heavy atom. The van der Waals surface area contributed by atoms with Crippen LogP contribution in [0.3, 0.4) is 0 Å². The molecule has 52 valence electrons. The van der Waals surface area contributed by atoms with E-state index < -0.39 is 0 Å². The molecule has 1 rings (SSSR count). The molecule has 0 heterocycles. The van der Waals surface area contributed by atoms with Crippen LogP contribution in [0.25, 0.3) is 0 Å². The van der Waals surface area contributed by atoms with Crippen LogP contribution >= 0.6 is 15.9 Å². The first-order valence-corrected chi connectivity index (χ1v) is 4.28. The highest BCUT2D eigenvalue weighted by molar-refractivity contribution is 9.10. The monoisotopic (exact) mass is 196 g/mol. The molecule has 0 aromatic heterocycles. The Morgan fingerprint density at radius 2 is 2.20 bits per heavy atom. The van der Waals surface area contributed by atoms with Crippen LogP contribution in [0.2, 0.25) is 0 Å². The molecular weight excluding hydrogens is 187 g/mol. The van der Waals surface area contributed by atoms with Crippen molar-refractivity contribution in [2.24, 2.45) is 0 Å². The number of halogens is 1. The summed E-state index contributed by atoms with van der Waals surface area (Å²) < 4.78 is 1.21. The van der Waals surface area contributed by atoms with Crippen molar-refractivity contribution in [1.82, 2.24) is 0 Å². The highest BCUT2D eigenvalue weighted by Crippen LogP contribution is 2.08. The standard InChI is InChI=1S/C8H10BBr/c1-2-6-3-4-7(9)8(10)5-6/h3-5H,2,9H2,1H3. The van der Waals surface area contributed by atoms with Crippen LogP contribution in [0.15, 0.2) is 22.7 Å². The van der Waals surface area contributed by atoms with Gasteiger partial charge in [0.2, 0.25) is 0 Å². The van der Waals surface area contributed by atoms with Crippen LogP contribution in [0.4, 0.5) is 0 Å². The second kappa shape index (κ2) is 3.24. The molecule has 10 heavy (non-hydrogen) atoms. The summed E-state index contributed by atoms with van der Waals surface area (Å²) in [6, 6.07) is 6.48. The number of benzene rings is 1. The maximum atomic E-state index is 3.49. The van der Waals surface area contributed by atoms with Gasteiger partial charge in [0.25, 0.3) is 0 Å². The Hall–Kier alpha value is -0.235. The molecule has 0 aliphatic heterocycles. The van der Waals surface area contributed by atoms with Gasteiger partial charge in [-0.15, -0.1) is 0 Å². The van der Waals surface area contributed by atoms with E-state index in [9.17, 15) is 0 Å². The molecule has 0 aliphatic carbocycles. The Kier molecular flexibility index (Phi) is 2.55. The molecule has 0 radical (unpaired) electrons. The molecule has 0 spiro atoms. The lowest BCUT2D eigenvalue weighted by atomic mass is 9.95. The summed E-state index contributed by atoms with van der Waals surface area (Å²) in [6.07, 6.45) is 1.11. The van der Waals surface area contributed by atoms with E-state index in [-0.39, 0.29) is 0 Å². The van der Waals surface area contributed by atoms with E-state index >= 15 is 0 Å². The van der Waals surface area contributed by atoms with Crippen molar-refractivity contribution in [2.45, 2.75) is 13.3 Å². The van der Waals surface area contributed by atoms with Crippen molar-refractivity contribution in [1.29, 1.82) is 0 Å². The van der Waals surface area contributed by atoms with E-state index in [1.54, 1.807) is 0 Å². The number of rotatable bonds is 1. The van der Waals surface area contributed by atoms with Crippen molar-refractivity contribution < 1.29 is 0 Å². The fourth-order valence-electron chi connectivity index (χ4n) is 0.856. The molecular formula is C8H10BBr. The molecule has 0 bridgehead atoms. The van der Waals surface area contributed by atoms with Crippen LogP contribution in [0.5, 0.6) is 0 Å². The lowest BCUT2D eigenvalue weighted by Crippen LogP contribution is -2.03. The van der Waals surface area contributed by atoms with Crippen LogP contribution in [-0.2, 0) is 6.42 Å². The van der Waals surface area contributed by atoms with Gasteiger partial charge in [-0.3, -0.25) is 0 Å². The average Bonchev–Trinajstić information content (AvgIpc) is 1.95. The van der Waals surface area contributed by atoms with Crippen molar-refractivity contribution in [3.63, 3.8) is 0 Å². The lowest BCUT2D eigenvalue weighted by molar-refractivity contribution is 1.14. The Bertz CT molecular complexity index is 233. The van der Waals surface area contributed by atoms with E-state index in [2.05, 4.69) is 48.9 Å². The first kappa shape index (κ1) is 7.87. The van der Waals surface area contributed by atoms with Gasteiger partial charge < -0.3 is 0 Å². The molecule has 0 N–H and O–H groups in total. The SMILES string of the molecule is Bc1ccc(CC)cc1Br. The smallest absolute Gasteiger partial charge is 0.0750 e. The Balaban J connectivity index is 3.04. The predicted octanol–water partition coefficient (Wildman–Crippen LogP) is 1.27. The summed E-state index contributed by atoms with van der Waals surface area (Å²) in [5.74, 6) is 0. The van der Waals surface area contributed by atoms with E-state index in [4.69, 9.17) is 0 Å². The zero-order valence-electron chi connectivity index (χ0n) is 6.32. The molecule has 0 saturated heterocycles. The van der Waals surface area contributed by atoms with Crippen LogP contribution < -0.4 is 5.46 Å². The number of hydrogen-bond acceptors (Lipinski definition) is 0. The van der Waals surface area contributed by atoms with Crippen LogP contribution in [-0.4, -0.2) is 7.85 Å². The molecule has 0 atom stereocenters. The quantitative estimate of drug-likeness (QED) is 0.594. The summed E-state index contributed by atoms with van der Waals surface area (Å²) >= 11 is 3.49. The summed E-state index contributed by atoms with van der Waals surface area (Å²) in [5, 5.41) is 0. The largest absolute Gasteiger partial charge is 0.140 e. The Labute approximate surface area is 71.2 Å². The highest BCUT2D eigenvalue weighted by Gasteiger charge is 1.93. The second-order valence-electron chi connectivity index (χ2n) is 2.44. The van der Waals surface area contributed by atoms with Crippen molar-refractivity contribution in [3.8, 4) is 0 Å². The van der Waals surface area contributed by atoms with Gasteiger partial charge in [-0.05, 0) is 18.1 Å². The normalized spacial score (nSPS) is 9.80. The minimum Gasteiger partial charge on any atom is -0.0750 e. The van der Waals surface area contributed by atoms with Crippen LogP contribution in [0, 0.1) is 0 Å². The minimum atomic E-state index is 1.11. The molecule has 0 amide bonds. The number of hydrogen-bond donors (Lipinski definition) is 0. The maximum absolute atomic E-state index is 3.49. The lowest BCUT2D eigenvalue weighted by Gasteiger charge is -1.99. The van der Waals surface area contributed by atoms with Gasteiger partial charge in [0.05, 0.1) is 0 Å². The molecule has 1 aromatic rings. The van der Waals surface area contributed by atoms with Gasteiger partial charge in [-0.2, -0.15) is 0 Å². The fraction of sp³-hybridized carbons (Fsp3) is 0.250. The Morgan fingerprint density at radius 3 is 2.70 bits per heavy atom. The van der Waals surface area contributed by atoms with Gasteiger partial charge in [0.15, 0.2) is 0 Å². The summed E-state index contributed by atoms with van der Waals surface area (Å²) in [7, 11) is 2.10. The van der Waals surface area contributed by atoms with Crippen molar-refractivity contribution in [3.05, 3.63) is 28.2 Å². The third kappa shape index (κ3) is 1.63. The zero-order chi connectivity index (χ0) is 7.56. The molecule has 0 nitrogen and oxygen atoms in total. The van der Waals surface area contributed by atoms with Gasteiger partial charge in [-0.25, -0.2) is 0 Å². The molecule has 0 unspecified atom stereocenters. The topological polar surface area (TPSA) is 0 Å². The van der Waals surface area contributed by atoms with E-state index in [0.29, 0.717) is 0 Å². The summed E-state index contributed by atoms with van der Waals surface area (Å²) in [4.78, 5) is 0. The predicted molar refractivity (Wildman–Crippen MR) is 51.7 cm³/mol. The summed E-state index contributed by atoms with van der Waals surface area (Å²) in [5.41, 5.74) is 2.69. The maximum Gasteiger partial charge on any atom is 0.140 e. The highest BCUT2D eigenvalue weighted by atomic mass is 79.9. The van der Waals surface area contributed by atoms with E-state index in [0.717, 1.165) is 6.42 Å². The summed E-state index contributed by atoms with van der Waals surface area (Å²) in [6.45, 7) is 2.16. The molecule has 1 aromatic carbocycles. The molecule has 0 aliphatic rings. The van der Waals surface area contributed by atoms with Gasteiger partial charge in [-0.1, -0.05) is 40.4 Å². The average molecular weight is 197 g/mol. The van der Waals surface area contributed by atoms with Gasteiger partial charge in [0, 0.05) is 4.47 Å². The van der Waals surface area contributed by atoms with E-state index in [1.807, 2.05) is 0 Å². The van der Waals surface area contributed by atoms with Crippen LogP contribution in [0.1, 0.15) is 12.5 Å². The fourth-order valence-corrected chi connectivity index (χ4v) is 1.28. The van der Waals surface area contributed by atoms with E-state index in [1.165, 1.54) is 15.5 Å². The van der Waals surface area contributed by atoms with Gasteiger partial charge >= 0.3 is 0 Å². The van der Waals surface area contributed by atoms with Crippen molar-refractivity contribution >= 4 is 29.2 Å². The molecule has 0 saturated carbocycles. The third-order valence-electron chi connectivity index (χ3n) is 1.64. The third-order valence-corrected chi connectivity index (χ3v) is 2.50. The zero-order valence-corrected chi connectivity index (χ0v) is 7.90. The minimum absolute atomic E-state index is 1.11.